The molecule has 1 unspecified atom stereocenters. The first kappa shape index (κ1) is 14.7. The number of ether oxygens (including phenoxy) is 2. The van der Waals surface area contributed by atoms with Crippen molar-refractivity contribution in [2.24, 2.45) is 5.84 Å². The van der Waals surface area contributed by atoms with Crippen LogP contribution in [-0.4, -0.2) is 29.3 Å². The molecule has 1 atom stereocenters. The third-order valence-corrected chi connectivity index (χ3v) is 2.47. The number of hydrogen-bond donors (Lipinski definition) is 2. The van der Waals surface area contributed by atoms with E-state index in [1.165, 1.54) is 0 Å². The van der Waals surface area contributed by atoms with Crippen LogP contribution in [0, 0.1) is 6.92 Å². The first-order valence-corrected chi connectivity index (χ1v) is 6.20. The molecular formula is C12H22N4O2. The summed E-state index contributed by atoms with van der Waals surface area (Å²) in [5, 5.41) is 0. The van der Waals surface area contributed by atoms with Gasteiger partial charge in [0.25, 0.3) is 0 Å². The lowest BCUT2D eigenvalue weighted by Crippen LogP contribution is -2.21. The highest BCUT2D eigenvalue weighted by molar-refractivity contribution is 5.47. The van der Waals surface area contributed by atoms with Crippen LogP contribution in [0.1, 0.15) is 32.2 Å². The summed E-state index contributed by atoms with van der Waals surface area (Å²) < 4.78 is 11.1. The minimum Gasteiger partial charge on any atom is -0.472 e. The number of rotatable bonds is 7. The second kappa shape index (κ2) is 7.13. The maximum atomic E-state index is 5.76. The van der Waals surface area contributed by atoms with Crippen LogP contribution in [0.15, 0.2) is 0 Å². The van der Waals surface area contributed by atoms with Gasteiger partial charge in [-0.2, -0.15) is 4.98 Å². The number of hydrogen-bond acceptors (Lipinski definition) is 6. The van der Waals surface area contributed by atoms with Crippen molar-refractivity contribution in [2.45, 2.75) is 40.2 Å². The summed E-state index contributed by atoms with van der Waals surface area (Å²) in [7, 11) is 0. The summed E-state index contributed by atoms with van der Waals surface area (Å²) in [6.07, 6.45) is 0.666. The number of anilines is 1. The van der Waals surface area contributed by atoms with Crippen LogP contribution in [0.3, 0.4) is 0 Å². The second-order valence-corrected chi connectivity index (χ2v) is 4.00. The molecular weight excluding hydrogens is 232 g/mol. The Morgan fingerprint density at radius 2 is 2.06 bits per heavy atom. The highest BCUT2D eigenvalue weighted by Gasteiger charge is 2.13. The van der Waals surface area contributed by atoms with Crippen molar-refractivity contribution < 1.29 is 9.47 Å². The summed E-state index contributed by atoms with van der Waals surface area (Å²) in [4.78, 5) is 8.64. The van der Waals surface area contributed by atoms with Crippen molar-refractivity contribution in [3.63, 3.8) is 0 Å². The van der Waals surface area contributed by atoms with Crippen LogP contribution in [-0.2, 0) is 11.2 Å². The molecule has 0 fully saturated rings. The molecule has 6 nitrogen and oxygen atoms in total. The van der Waals surface area contributed by atoms with Gasteiger partial charge in [0, 0.05) is 13.0 Å². The van der Waals surface area contributed by atoms with Crippen LogP contribution in [0.4, 0.5) is 5.82 Å². The molecule has 18 heavy (non-hydrogen) atoms. The number of aryl methyl sites for hydroxylation is 1. The standard InChI is InChI=1S/C12H22N4O2/c1-5-10-14-11(16-13)9(4)12(15-10)18-8(3)7-17-6-2/h8H,5-7,13H2,1-4H3,(H,14,15,16). The minimum absolute atomic E-state index is 0.0612. The van der Waals surface area contributed by atoms with E-state index in [1.54, 1.807) is 0 Å². The number of nitrogens with zero attached hydrogens (tertiary/aromatic N) is 2. The van der Waals surface area contributed by atoms with Gasteiger partial charge in [0.2, 0.25) is 5.88 Å². The molecule has 0 bridgehead atoms. The molecule has 1 aromatic heterocycles. The third kappa shape index (κ3) is 3.82. The van der Waals surface area contributed by atoms with E-state index in [2.05, 4.69) is 15.4 Å². The second-order valence-electron chi connectivity index (χ2n) is 4.00. The number of aromatic nitrogens is 2. The molecule has 0 radical (unpaired) electrons. The molecule has 0 saturated heterocycles. The van der Waals surface area contributed by atoms with Crippen molar-refractivity contribution in [1.29, 1.82) is 0 Å². The lowest BCUT2D eigenvalue weighted by molar-refractivity contribution is 0.0628. The third-order valence-electron chi connectivity index (χ3n) is 2.47. The van der Waals surface area contributed by atoms with Crippen molar-refractivity contribution >= 4 is 5.82 Å². The van der Waals surface area contributed by atoms with Gasteiger partial charge in [0.05, 0.1) is 12.2 Å². The quantitative estimate of drug-likeness (QED) is 0.566. The zero-order chi connectivity index (χ0) is 13.5. The summed E-state index contributed by atoms with van der Waals surface area (Å²) in [6.45, 7) is 8.96. The van der Waals surface area contributed by atoms with E-state index in [1.807, 2.05) is 27.7 Å². The maximum absolute atomic E-state index is 5.76. The van der Waals surface area contributed by atoms with Crippen molar-refractivity contribution in [3.05, 3.63) is 11.4 Å². The molecule has 0 saturated carbocycles. The van der Waals surface area contributed by atoms with Crippen molar-refractivity contribution in [1.82, 2.24) is 9.97 Å². The molecule has 0 amide bonds. The van der Waals surface area contributed by atoms with Crippen LogP contribution in [0.5, 0.6) is 5.88 Å². The highest BCUT2D eigenvalue weighted by Crippen LogP contribution is 2.22. The lowest BCUT2D eigenvalue weighted by Gasteiger charge is -2.17. The molecule has 1 rings (SSSR count). The normalized spacial score (nSPS) is 12.3. The Morgan fingerprint density at radius 1 is 1.33 bits per heavy atom. The van der Waals surface area contributed by atoms with Gasteiger partial charge in [-0.1, -0.05) is 6.92 Å². The van der Waals surface area contributed by atoms with Crippen LogP contribution < -0.4 is 16.0 Å². The molecule has 3 N–H and O–H groups in total. The van der Waals surface area contributed by atoms with E-state index in [4.69, 9.17) is 15.3 Å². The fourth-order valence-corrected chi connectivity index (χ4v) is 1.46. The molecule has 0 aliphatic carbocycles. The number of nitrogens with two attached hydrogens (primary N) is 1. The Morgan fingerprint density at radius 3 is 2.61 bits per heavy atom. The van der Waals surface area contributed by atoms with E-state index >= 15 is 0 Å². The lowest BCUT2D eigenvalue weighted by atomic mass is 10.3. The van der Waals surface area contributed by atoms with Crippen molar-refractivity contribution in [2.75, 3.05) is 18.6 Å². The van der Waals surface area contributed by atoms with Gasteiger partial charge in [0.1, 0.15) is 17.7 Å². The summed E-state index contributed by atoms with van der Waals surface area (Å²) in [5.41, 5.74) is 3.37. The number of nitrogens with one attached hydrogen (secondary N) is 1. The average Bonchev–Trinajstić information content (AvgIpc) is 2.38. The van der Waals surface area contributed by atoms with Gasteiger partial charge in [-0.15, -0.1) is 0 Å². The van der Waals surface area contributed by atoms with E-state index in [0.717, 1.165) is 12.0 Å². The Kier molecular flexibility index (Phi) is 5.80. The maximum Gasteiger partial charge on any atom is 0.222 e. The van der Waals surface area contributed by atoms with E-state index < -0.39 is 0 Å². The van der Waals surface area contributed by atoms with Crippen LogP contribution >= 0.6 is 0 Å². The van der Waals surface area contributed by atoms with Gasteiger partial charge in [0.15, 0.2) is 0 Å². The zero-order valence-corrected chi connectivity index (χ0v) is 11.5. The summed E-state index contributed by atoms with van der Waals surface area (Å²) >= 11 is 0. The van der Waals surface area contributed by atoms with E-state index in [9.17, 15) is 0 Å². The Labute approximate surface area is 108 Å². The van der Waals surface area contributed by atoms with Gasteiger partial charge >= 0.3 is 0 Å². The Balaban J connectivity index is 2.86. The van der Waals surface area contributed by atoms with E-state index in [-0.39, 0.29) is 6.10 Å². The Hall–Kier alpha value is -1.40. The summed E-state index contributed by atoms with van der Waals surface area (Å²) in [5.74, 6) is 7.29. The number of hydrazine groups is 1. The Bertz CT molecular complexity index is 385. The molecule has 6 heteroatoms. The predicted molar refractivity (Wildman–Crippen MR) is 70.5 cm³/mol. The number of nitrogen functional groups attached to an aromatic ring is 1. The smallest absolute Gasteiger partial charge is 0.222 e. The fraction of sp³-hybridized carbons (Fsp3) is 0.667. The molecule has 102 valence electrons. The molecule has 0 spiro atoms. The van der Waals surface area contributed by atoms with Gasteiger partial charge in [-0.25, -0.2) is 10.8 Å². The van der Waals surface area contributed by atoms with Gasteiger partial charge < -0.3 is 14.9 Å². The largest absolute Gasteiger partial charge is 0.472 e. The highest BCUT2D eigenvalue weighted by atomic mass is 16.5. The minimum atomic E-state index is -0.0612. The molecule has 1 aromatic rings. The van der Waals surface area contributed by atoms with Crippen LogP contribution in [0.25, 0.3) is 0 Å². The fourth-order valence-electron chi connectivity index (χ4n) is 1.46. The summed E-state index contributed by atoms with van der Waals surface area (Å²) in [6, 6.07) is 0. The van der Waals surface area contributed by atoms with Gasteiger partial charge in [-0.05, 0) is 20.8 Å². The predicted octanol–water partition coefficient (Wildman–Crippen LogP) is 1.44. The first-order chi connectivity index (χ1) is 8.62. The SMILES string of the molecule is CCOCC(C)Oc1nc(CC)nc(NN)c1C. The molecule has 1 heterocycles. The van der Waals surface area contributed by atoms with Crippen molar-refractivity contribution in [3.8, 4) is 5.88 Å². The monoisotopic (exact) mass is 254 g/mol. The first-order valence-electron chi connectivity index (χ1n) is 6.20. The molecule has 0 aromatic carbocycles. The topological polar surface area (TPSA) is 82.3 Å². The van der Waals surface area contributed by atoms with Crippen LogP contribution in [0.2, 0.25) is 0 Å². The molecule has 0 aliphatic heterocycles. The van der Waals surface area contributed by atoms with Gasteiger partial charge in [-0.3, -0.25) is 0 Å². The zero-order valence-electron chi connectivity index (χ0n) is 11.5. The van der Waals surface area contributed by atoms with E-state index in [0.29, 0.717) is 30.7 Å². The molecule has 0 aliphatic rings. The average molecular weight is 254 g/mol.